The van der Waals surface area contributed by atoms with E-state index in [9.17, 15) is 9.18 Å². The zero-order valence-electron chi connectivity index (χ0n) is 9.55. The number of nitrogens with one attached hydrogen (secondary N) is 2. The van der Waals surface area contributed by atoms with Crippen LogP contribution in [-0.2, 0) is 4.79 Å². The molecular formula is C13H15FN2O. The molecule has 4 heteroatoms. The molecular weight excluding hydrogens is 219 g/mol. The fourth-order valence-corrected chi connectivity index (χ4v) is 2.79. The van der Waals surface area contributed by atoms with Crippen LogP contribution in [0.15, 0.2) is 18.2 Å². The molecule has 17 heavy (non-hydrogen) atoms. The molecule has 1 spiro atoms. The van der Waals surface area contributed by atoms with E-state index >= 15 is 0 Å². The first-order valence-electron chi connectivity index (χ1n) is 6.09. The summed E-state index contributed by atoms with van der Waals surface area (Å²) in [5.74, 6) is -0.347. The van der Waals surface area contributed by atoms with E-state index < -0.39 is 5.54 Å². The number of anilines is 2. The van der Waals surface area contributed by atoms with E-state index in [0.717, 1.165) is 31.4 Å². The minimum atomic E-state index is -0.469. The van der Waals surface area contributed by atoms with Crippen LogP contribution in [0.5, 0.6) is 0 Å². The number of benzene rings is 1. The van der Waals surface area contributed by atoms with Crippen molar-refractivity contribution in [2.75, 3.05) is 10.6 Å². The van der Waals surface area contributed by atoms with Crippen LogP contribution in [0.4, 0.5) is 15.8 Å². The Hall–Kier alpha value is -1.58. The second-order valence-corrected chi connectivity index (χ2v) is 4.91. The van der Waals surface area contributed by atoms with Gasteiger partial charge in [-0.1, -0.05) is 19.3 Å². The first-order chi connectivity index (χ1) is 8.20. The quantitative estimate of drug-likeness (QED) is 0.724. The molecule has 90 valence electrons. The maximum Gasteiger partial charge on any atom is 0.250 e. The Balaban J connectivity index is 1.97. The van der Waals surface area contributed by atoms with Crippen LogP contribution in [-0.4, -0.2) is 11.4 Å². The van der Waals surface area contributed by atoms with E-state index in [0.29, 0.717) is 5.69 Å². The molecule has 0 unspecified atom stereocenters. The third-order valence-corrected chi connectivity index (χ3v) is 3.75. The van der Waals surface area contributed by atoms with Gasteiger partial charge >= 0.3 is 0 Å². The van der Waals surface area contributed by atoms with Gasteiger partial charge in [0.25, 0.3) is 0 Å². The van der Waals surface area contributed by atoms with E-state index in [1.807, 2.05) is 0 Å². The molecule has 1 aromatic rings. The van der Waals surface area contributed by atoms with Crippen molar-refractivity contribution in [1.82, 2.24) is 0 Å². The maximum absolute atomic E-state index is 13.1. The first-order valence-corrected chi connectivity index (χ1v) is 6.09. The number of hydrogen-bond acceptors (Lipinski definition) is 2. The third kappa shape index (κ3) is 1.68. The number of halogens is 1. The summed E-state index contributed by atoms with van der Waals surface area (Å²) in [6.07, 6.45) is 5.03. The summed E-state index contributed by atoms with van der Waals surface area (Å²) in [6.45, 7) is 0. The number of fused-ring (bicyclic) bond motifs is 1. The van der Waals surface area contributed by atoms with Crippen LogP contribution in [0.1, 0.15) is 32.1 Å². The minimum absolute atomic E-state index is 0.0182. The highest BCUT2D eigenvalue weighted by Gasteiger charge is 2.42. The summed E-state index contributed by atoms with van der Waals surface area (Å²) >= 11 is 0. The number of amides is 1. The highest BCUT2D eigenvalue weighted by molar-refractivity contribution is 6.06. The van der Waals surface area contributed by atoms with Gasteiger partial charge in [0.1, 0.15) is 11.4 Å². The fraction of sp³-hybridized carbons (Fsp3) is 0.462. The number of carbonyl (C=O) groups is 1. The Labute approximate surface area is 99.4 Å². The molecule has 0 radical (unpaired) electrons. The summed E-state index contributed by atoms with van der Waals surface area (Å²) in [6, 6.07) is 4.47. The van der Waals surface area contributed by atoms with E-state index in [-0.39, 0.29) is 11.7 Å². The van der Waals surface area contributed by atoms with Gasteiger partial charge in [0.05, 0.1) is 11.4 Å². The molecule has 2 N–H and O–H groups in total. The molecule has 1 heterocycles. The lowest BCUT2D eigenvalue weighted by molar-refractivity contribution is -0.121. The van der Waals surface area contributed by atoms with Crippen molar-refractivity contribution in [3.63, 3.8) is 0 Å². The van der Waals surface area contributed by atoms with Crippen molar-refractivity contribution in [1.29, 1.82) is 0 Å². The summed E-state index contributed by atoms with van der Waals surface area (Å²) in [7, 11) is 0. The lowest BCUT2D eigenvalue weighted by Crippen LogP contribution is -2.53. The zero-order chi connectivity index (χ0) is 11.9. The molecule has 2 aliphatic rings. The van der Waals surface area contributed by atoms with E-state index in [1.54, 1.807) is 6.07 Å². The van der Waals surface area contributed by atoms with Crippen molar-refractivity contribution < 1.29 is 9.18 Å². The van der Waals surface area contributed by atoms with Gasteiger partial charge in [-0.2, -0.15) is 0 Å². The number of hydrogen-bond donors (Lipinski definition) is 2. The van der Waals surface area contributed by atoms with Crippen molar-refractivity contribution in [2.45, 2.75) is 37.6 Å². The Morgan fingerprint density at radius 1 is 1.12 bits per heavy atom. The summed E-state index contributed by atoms with van der Waals surface area (Å²) in [4.78, 5) is 12.1. The van der Waals surface area contributed by atoms with E-state index in [4.69, 9.17) is 0 Å². The molecule has 1 saturated carbocycles. The molecule has 1 aliphatic carbocycles. The van der Waals surface area contributed by atoms with Gasteiger partial charge in [-0.05, 0) is 31.0 Å². The van der Waals surface area contributed by atoms with Gasteiger partial charge < -0.3 is 10.6 Å². The molecule has 3 rings (SSSR count). The summed E-state index contributed by atoms with van der Waals surface area (Å²) in [5, 5.41) is 6.13. The van der Waals surface area contributed by atoms with E-state index in [2.05, 4.69) is 10.6 Å². The summed E-state index contributed by atoms with van der Waals surface area (Å²) < 4.78 is 13.1. The first kappa shape index (κ1) is 10.6. The Bertz CT molecular complexity index is 466. The van der Waals surface area contributed by atoms with Crippen LogP contribution < -0.4 is 10.6 Å². The molecule has 0 atom stereocenters. The average Bonchev–Trinajstić information content (AvgIpc) is 2.33. The van der Waals surface area contributed by atoms with Crippen LogP contribution in [0, 0.1) is 5.82 Å². The van der Waals surface area contributed by atoms with Crippen molar-refractivity contribution >= 4 is 17.3 Å². The van der Waals surface area contributed by atoms with E-state index in [1.165, 1.54) is 18.6 Å². The van der Waals surface area contributed by atoms with Gasteiger partial charge in [-0.15, -0.1) is 0 Å². The smallest absolute Gasteiger partial charge is 0.250 e. The maximum atomic E-state index is 13.1. The van der Waals surface area contributed by atoms with Crippen LogP contribution in [0.3, 0.4) is 0 Å². The van der Waals surface area contributed by atoms with Crippen LogP contribution >= 0.6 is 0 Å². The Kier molecular flexibility index (Phi) is 2.31. The molecule has 0 aromatic heterocycles. The largest absolute Gasteiger partial charge is 0.370 e. The standard InChI is InChI=1S/C13H15FN2O/c14-9-4-5-10-11(8-9)15-12(17)13(16-10)6-2-1-3-7-13/h4-5,8,16H,1-3,6-7H2,(H,15,17). The van der Waals surface area contributed by atoms with Gasteiger partial charge in [0.15, 0.2) is 0 Å². The van der Waals surface area contributed by atoms with Gasteiger partial charge in [0, 0.05) is 0 Å². The lowest BCUT2D eigenvalue weighted by atomic mass is 9.79. The minimum Gasteiger partial charge on any atom is -0.370 e. The van der Waals surface area contributed by atoms with Crippen molar-refractivity contribution in [3.8, 4) is 0 Å². The predicted molar refractivity (Wildman–Crippen MR) is 64.5 cm³/mol. The third-order valence-electron chi connectivity index (χ3n) is 3.75. The normalized spacial score (nSPS) is 21.6. The van der Waals surface area contributed by atoms with Gasteiger partial charge in [0.2, 0.25) is 5.91 Å². The average molecular weight is 234 g/mol. The molecule has 0 bridgehead atoms. The molecule has 1 fully saturated rings. The molecule has 1 aromatic carbocycles. The Morgan fingerprint density at radius 2 is 1.88 bits per heavy atom. The van der Waals surface area contributed by atoms with Crippen LogP contribution in [0.2, 0.25) is 0 Å². The Morgan fingerprint density at radius 3 is 2.65 bits per heavy atom. The van der Waals surface area contributed by atoms with Gasteiger partial charge in [-0.25, -0.2) is 4.39 Å². The molecule has 1 amide bonds. The topological polar surface area (TPSA) is 41.1 Å². The monoisotopic (exact) mass is 234 g/mol. The number of carbonyl (C=O) groups excluding carboxylic acids is 1. The lowest BCUT2D eigenvalue weighted by Gasteiger charge is -2.41. The molecule has 1 aliphatic heterocycles. The number of rotatable bonds is 0. The second kappa shape index (κ2) is 3.72. The summed E-state index contributed by atoms with van der Waals surface area (Å²) in [5.41, 5.74) is 0.905. The van der Waals surface area contributed by atoms with Crippen molar-refractivity contribution in [3.05, 3.63) is 24.0 Å². The SMILES string of the molecule is O=C1Nc2cc(F)ccc2NC12CCCCC2. The highest BCUT2D eigenvalue weighted by atomic mass is 19.1. The van der Waals surface area contributed by atoms with Gasteiger partial charge in [-0.3, -0.25) is 4.79 Å². The molecule has 0 saturated heterocycles. The second-order valence-electron chi connectivity index (χ2n) is 4.91. The highest BCUT2D eigenvalue weighted by Crippen LogP contribution is 2.38. The van der Waals surface area contributed by atoms with Crippen LogP contribution in [0.25, 0.3) is 0 Å². The zero-order valence-corrected chi connectivity index (χ0v) is 9.55. The predicted octanol–water partition coefficient (Wildman–Crippen LogP) is 2.89. The fourth-order valence-electron chi connectivity index (χ4n) is 2.79. The molecule has 3 nitrogen and oxygen atoms in total. The van der Waals surface area contributed by atoms with Crippen molar-refractivity contribution in [2.24, 2.45) is 0 Å².